The standard InChI is InChI=1S/C10H19NO3S/c1-4-5-11(6-10(13)14)9(12)7-15-8(2)3/h8H,4-7H2,1-3H3,(H,13,14). The van der Waals surface area contributed by atoms with Crippen molar-refractivity contribution in [1.29, 1.82) is 0 Å². The molecule has 0 heterocycles. The number of carbonyl (C=O) groups excluding carboxylic acids is 1. The fourth-order valence-electron chi connectivity index (χ4n) is 1.05. The molecule has 0 aliphatic carbocycles. The van der Waals surface area contributed by atoms with E-state index in [1.807, 2.05) is 20.8 Å². The Morgan fingerprint density at radius 1 is 1.40 bits per heavy atom. The molecule has 1 amide bonds. The number of rotatable bonds is 7. The van der Waals surface area contributed by atoms with E-state index in [-0.39, 0.29) is 12.5 Å². The van der Waals surface area contributed by atoms with E-state index in [2.05, 4.69) is 0 Å². The third kappa shape index (κ3) is 7.25. The van der Waals surface area contributed by atoms with Gasteiger partial charge in [0.1, 0.15) is 6.54 Å². The summed E-state index contributed by atoms with van der Waals surface area (Å²) >= 11 is 1.54. The van der Waals surface area contributed by atoms with Gasteiger partial charge in [0.25, 0.3) is 0 Å². The van der Waals surface area contributed by atoms with E-state index in [9.17, 15) is 9.59 Å². The molecule has 0 aromatic rings. The summed E-state index contributed by atoms with van der Waals surface area (Å²) < 4.78 is 0. The van der Waals surface area contributed by atoms with Gasteiger partial charge in [-0.1, -0.05) is 20.8 Å². The van der Waals surface area contributed by atoms with Gasteiger partial charge in [-0.15, -0.1) is 11.8 Å². The quantitative estimate of drug-likeness (QED) is 0.723. The van der Waals surface area contributed by atoms with E-state index in [1.54, 1.807) is 0 Å². The molecular weight excluding hydrogens is 214 g/mol. The monoisotopic (exact) mass is 233 g/mol. The van der Waals surface area contributed by atoms with E-state index < -0.39 is 5.97 Å². The van der Waals surface area contributed by atoms with Gasteiger partial charge in [-0.25, -0.2) is 0 Å². The number of thioether (sulfide) groups is 1. The van der Waals surface area contributed by atoms with Crippen LogP contribution in [0.4, 0.5) is 0 Å². The maximum absolute atomic E-state index is 11.6. The van der Waals surface area contributed by atoms with Crippen LogP contribution in [-0.2, 0) is 9.59 Å². The number of hydrogen-bond donors (Lipinski definition) is 1. The minimum absolute atomic E-state index is 0.0852. The molecule has 0 bridgehead atoms. The van der Waals surface area contributed by atoms with Gasteiger partial charge in [0, 0.05) is 6.54 Å². The van der Waals surface area contributed by atoms with Crippen molar-refractivity contribution in [3.8, 4) is 0 Å². The van der Waals surface area contributed by atoms with Crippen molar-refractivity contribution in [2.75, 3.05) is 18.8 Å². The SMILES string of the molecule is CCCN(CC(=O)O)C(=O)CSC(C)C. The summed E-state index contributed by atoms with van der Waals surface area (Å²) in [4.78, 5) is 23.5. The van der Waals surface area contributed by atoms with Crippen LogP contribution in [0.25, 0.3) is 0 Å². The lowest BCUT2D eigenvalue weighted by atomic mass is 10.4. The maximum atomic E-state index is 11.6. The summed E-state index contributed by atoms with van der Waals surface area (Å²) in [5.74, 6) is -0.672. The van der Waals surface area contributed by atoms with Gasteiger partial charge in [0.05, 0.1) is 5.75 Å². The van der Waals surface area contributed by atoms with Gasteiger partial charge in [0.2, 0.25) is 5.91 Å². The number of carboxylic acid groups (broad SMARTS) is 1. The average molecular weight is 233 g/mol. The summed E-state index contributed by atoms with van der Waals surface area (Å²) in [5.41, 5.74) is 0. The van der Waals surface area contributed by atoms with Crippen molar-refractivity contribution >= 4 is 23.6 Å². The van der Waals surface area contributed by atoms with Crippen LogP contribution in [-0.4, -0.2) is 46.0 Å². The molecule has 0 spiro atoms. The van der Waals surface area contributed by atoms with Crippen molar-refractivity contribution in [2.45, 2.75) is 32.4 Å². The molecule has 0 saturated heterocycles. The lowest BCUT2D eigenvalue weighted by Crippen LogP contribution is -2.37. The van der Waals surface area contributed by atoms with Crippen LogP contribution in [0.5, 0.6) is 0 Å². The molecule has 0 fully saturated rings. The highest BCUT2D eigenvalue weighted by molar-refractivity contribution is 8.00. The molecule has 0 aliphatic heterocycles. The van der Waals surface area contributed by atoms with Crippen LogP contribution >= 0.6 is 11.8 Å². The Labute approximate surface area is 95.0 Å². The third-order valence-electron chi connectivity index (χ3n) is 1.71. The minimum atomic E-state index is -0.952. The highest BCUT2D eigenvalue weighted by Gasteiger charge is 2.15. The zero-order valence-corrected chi connectivity index (χ0v) is 10.3. The molecule has 0 unspecified atom stereocenters. The van der Waals surface area contributed by atoms with E-state index >= 15 is 0 Å². The zero-order chi connectivity index (χ0) is 11.8. The van der Waals surface area contributed by atoms with Crippen LogP contribution in [0.2, 0.25) is 0 Å². The normalized spacial score (nSPS) is 10.4. The first-order valence-corrected chi connectivity index (χ1v) is 6.13. The highest BCUT2D eigenvalue weighted by Crippen LogP contribution is 2.10. The summed E-state index contributed by atoms with van der Waals surface area (Å²) in [6.07, 6.45) is 0.783. The molecule has 0 atom stereocenters. The van der Waals surface area contributed by atoms with Crippen LogP contribution < -0.4 is 0 Å². The molecule has 0 aromatic heterocycles. The molecule has 4 nitrogen and oxygen atoms in total. The van der Waals surface area contributed by atoms with Gasteiger partial charge in [-0.2, -0.15) is 0 Å². The second kappa shape index (κ2) is 7.56. The van der Waals surface area contributed by atoms with Gasteiger partial charge >= 0.3 is 5.97 Å². The molecule has 88 valence electrons. The van der Waals surface area contributed by atoms with E-state index in [1.165, 1.54) is 16.7 Å². The van der Waals surface area contributed by atoms with E-state index in [0.717, 1.165) is 6.42 Å². The van der Waals surface area contributed by atoms with Crippen molar-refractivity contribution in [3.05, 3.63) is 0 Å². The number of nitrogens with zero attached hydrogens (tertiary/aromatic N) is 1. The Kier molecular flexibility index (Phi) is 7.21. The molecule has 1 N–H and O–H groups in total. The first-order valence-electron chi connectivity index (χ1n) is 5.08. The van der Waals surface area contributed by atoms with Gasteiger partial charge in [0.15, 0.2) is 0 Å². The Hall–Kier alpha value is -0.710. The molecule has 0 radical (unpaired) electrons. The number of carboxylic acids is 1. The summed E-state index contributed by atoms with van der Waals surface area (Å²) in [6, 6.07) is 0. The van der Waals surface area contributed by atoms with Crippen LogP contribution in [0.15, 0.2) is 0 Å². The second-order valence-corrected chi connectivity index (χ2v) is 5.13. The summed E-state index contributed by atoms with van der Waals surface area (Å²) in [5, 5.41) is 9.03. The molecule has 0 aliphatic rings. The summed E-state index contributed by atoms with van der Waals surface area (Å²) in [7, 11) is 0. The van der Waals surface area contributed by atoms with Gasteiger partial charge in [-0.05, 0) is 11.7 Å². The molecule has 0 aromatic carbocycles. The van der Waals surface area contributed by atoms with Crippen molar-refractivity contribution in [2.24, 2.45) is 0 Å². The number of amides is 1. The van der Waals surface area contributed by atoms with Crippen LogP contribution in [0.3, 0.4) is 0 Å². The predicted molar refractivity (Wildman–Crippen MR) is 62.1 cm³/mol. The number of carbonyl (C=O) groups is 2. The first kappa shape index (κ1) is 14.3. The molecule has 5 heteroatoms. The third-order valence-corrected chi connectivity index (χ3v) is 2.79. The summed E-state index contributed by atoms with van der Waals surface area (Å²) in [6.45, 7) is 6.28. The number of aliphatic carboxylic acids is 1. The van der Waals surface area contributed by atoms with Crippen LogP contribution in [0, 0.1) is 0 Å². The van der Waals surface area contributed by atoms with Gasteiger partial charge in [-0.3, -0.25) is 9.59 Å². The fraction of sp³-hybridized carbons (Fsp3) is 0.800. The van der Waals surface area contributed by atoms with Crippen molar-refractivity contribution < 1.29 is 14.7 Å². The average Bonchev–Trinajstić information content (AvgIpc) is 2.12. The minimum Gasteiger partial charge on any atom is -0.480 e. The fourth-order valence-corrected chi connectivity index (χ4v) is 1.71. The topological polar surface area (TPSA) is 57.6 Å². The van der Waals surface area contributed by atoms with Gasteiger partial charge < -0.3 is 10.0 Å². The van der Waals surface area contributed by atoms with E-state index in [0.29, 0.717) is 17.5 Å². The first-order chi connectivity index (χ1) is 6.97. The van der Waals surface area contributed by atoms with Crippen LogP contribution in [0.1, 0.15) is 27.2 Å². The zero-order valence-electron chi connectivity index (χ0n) is 9.52. The molecule has 0 rings (SSSR count). The Morgan fingerprint density at radius 2 is 2.00 bits per heavy atom. The Balaban J connectivity index is 4.09. The van der Waals surface area contributed by atoms with E-state index in [4.69, 9.17) is 5.11 Å². The van der Waals surface area contributed by atoms with Crippen molar-refractivity contribution in [3.63, 3.8) is 0 Å². The largest absolute Gasteiger partial charge is 0.480 e. The molecule has 15 heavy (non-hydrogen) atoms. The Bertz CT molecular complexity index is 219. The second-order valence-electron chi connectivity index (χ2n) is 3.57. The van der Waals surface area contributed by atoms with Crippen molar-refractivity contribution in [1.82, 2.24) is 4.90 Å². The Morgan fingerprint density at radius 3 is 2.40 bits per heavy atom. The molecular formula is C10H19NO3S. The lowest BCUT2D eigenvalue weighted by molar-refractivity contribution is -0.143. The maximum Gasteiger partial charge on any atom is 0.323 e. The smallest absolute Gasteiger partial charge is 0.323 e. The highest BCUT2D eigenvalue weighted by atomic mass is 32.2. The molecule has 0 saturated carbocycles. The lowest BCUT2D eigenvalue weighted by Gasteiger charge is -2.20. The number of hydrogen-bond acceptors (Lipinski definition) is 3. The predicted octanol–water partition coefficient (Wildman–Crippen LogP) is 1.45.